The average molecular weight is 280 g/mol. The molecule has 0 radical (unpaired) electrons. The van der Waals surface area contributed by atoms with Crippen molar-refractivity contribution in [2.24, 2.45) is 0 Å². The zero-order valence-corrected chi connectivity index (χ0v) is 11.0. The lowest BCUT2D eigenvalue weighted by atomic mass is 10.2. The van der Waals surface area contributed by atoms with Crippen molar-refractivity contribution in [1.82, 2.24) is 0 Å². The van der Waals surface area contributed by atoms with Crippen molar-refractivity contribution in [2.75, 3.05) is 0 Å². The molecule has 0 heterocycles. The van der Waals surface area contributed by atoms with Gasteiger partial charge in [-0.2, -0.15) is 5.26 Å². The van der Waals surface area contributed by atoms with Crippen LogP contribution < -0.4 is 0 Å². The Morgan fingerprint density at radius 3 is 2.24 bits per heavy atom. The van der Waals surface area contributed by atoms with E-state index in [0.29, 0.717) is 15.6 Å². The molecule has 0 spiro atoms. The van der Waals surface area contributed by atoms with E-state index in [-0.39, 0.29) is 0 Å². The number of rotatable bonds is 2. The van der Waals surface area contributed by atoms with Crippen LogP contribution in [0.5, 0.6) is 0 Å². The van der Waals surface area contributed by atoms with Gasteiger partial charge < -0.3 is 0 Å². The number of halogens is 2. The molecule has 0 aromatic heterocycles. The lowest BCUT2D eigenvalue weighted by Gasteiger charge is -2.04. The summed E-state index contributed by atoms with van der Waals surface area (Å²) < 4.78 is 0. The number of benzene rings is 2. The van der Waals surface area contributed by atoms with Crippen molar-refractivity contribution in [2.45, 2.75) is 9.79 Å². The summed E-state index contributed by atoms with van der Waals surface area (Å²) in [4.78, 5) is 1.92. The number of nitrogens with zero attached hydrogens (tertiary/aromatic N) is 1. The third-order valence-corrected chi connectivity index (χ3v) is 3.67. The van der Waals surface area contributed by atoms with E-state index in [2.05, 4.69) is 6.07 Å². The molecule has 0 saturated heterocycles. The van der Waals surface area contributed by atoms with Crippen LogP contribution in [0.3, 0.4) is 0 Å². The molecule has 84 valence electrons. The molecule has 1 nitrogen and oxygen atoms in total. The molecular weight excluding hydrogens is 273 g/mol. The van der Waals surface area contributed by atoms with E-state index in [4.69, 9.17) is 28.5 Å². The first-order valence-electron chi connectivity index (χ1n) is 4.82. The minimum atomic E-state index is 0.571. The molecule has 0 atom stereocenters. The molecule has 0 unspecified atom stereocenters. The Morgan fingerprint density at radius 1 is 0.941 bits per heavy atom. The highest BCUT2D eigenvalue weighted by Gasteiger charge is 2.05. The van der Waals surface area contributed by atoms with Crippen molar-refractivity contribution < 1.29 is 0 Å². The molecule has 17 heavy (non-hydrogen) atoms. The van der Waals surface area contributed by atoms with Crippen LogP contribution in [0, 0.1) is 11.3 Å². The summed E-state index contributed by atoms with van der Waals surface area (Å²) in [6.07, 6.45) is 0. The van der Waals surface area contributed by atoms with Gasteiger partial charge in [-0.25, -0.2) is 0 Å². The fourth-order valence-electron chi connectivity index (χ4n) is 1.31. The van der Waals surface area contributed by atoms with Crippen molar-refractivity contribution in [1.29, 1.82) is 5.26 Å². The second-order valence-corrected chi connectivity index (χ2v) is 5.30. The Kier molecular flexibility index (Phi) is 3.96. The van der Waals surface area contributed by atoms with E-state index < -0.39 is 0 Å². The Hall–Kier alpha value is -1.14. The maximum Gasteiger partial charge on any atom is 0.100 e. The van der Waals surface area contributed by atoms with Crippen LogP contribution in [0.4, 0.5) is 0 Å². The van der Waals surface area contributed by atoms with Gasteiger partial charge in [-0.3, -0.25) is 0 Å². The van der Waals surface area contributed by atoms with Crippen LogP contribution in [-0.2, 0) is 0 Å². The number of hydrogen-bond donors (Lipinski definition) is 0. The van der Waals surface area contributed by atoms with E-state index >= 15 is 0 Å². The van der Waals surface area contributed by atoms with Crippen molar-refractivity contribution in [3.05, 3.63) is 58.1 Å². The van der Waals surface area contributed by atoms with Gasteiger partial charge >= 0.3 is 0 Å². The Bertz CT molecular complexity index is 573. The Balaban J connectivity index is 2.30. The minimum Gasteiger partial charge on any atom is -0.192 e. The molecule has 0 N–H and O–H groups in total. The molecule has 2 rings (SSSR count). The molecular formula is C13H7Cl2NS. The highest BCUT2D eigenvalue weighted by molar-refractivity contribution is 7.99. The summed E-state index contributed by atoms with van der Waals surface area (Å²) >= 11 is 13.2. The summed E-state index contributed by atoms with van der Waals surface area (Å²) in [5.74, 6) is 0. The van der Waals surface area contributed by atoms with E-state index in [1.54, 1.807) is 12.1 Å². The summed E-state index contributed by atoms with van der Waals surface area (Å²) in [7, 11) is 0. The Morgan fingerprint density at radius 2 is 1.59 bits per heavy atom. The summed E-state index contributed by atoms with van der Waals surface area (Å²) in [5.41, 5.74) is 0.581. The van der Waals surface area contributed by atoms with Gasteiger partial charge in [-0.05, 0) is 42.5 Å². The molecule has 0 amide bonds. The highest BCUT2D eigenvalue weighted by atomic mass is 35.5. The average Bonchev–Trinajstić information content (AvgIpc) is 2.34. The monoisotopic (exact) mass is 279 g/mol. The van der Waals surface area contributed by atoms with Crippen LogP contribution in [0.15, 0.2) is 52.3 Å². The summed E-state index contributed by atoms with van der Waals surface area (Å²) in [6, 6.07) is 14.9. The first-order valence-corrected chi connectivity index (χ1v) is 6.39. The summed E-state index contributed by atoms with van der Waals surface area (Å²) in [5, 5.41) is 10.3. The van der Waals surface area contributed by atoms with Gasteiger partial charge in [0.2, 0.25) is 0 Å². The minimum absolute atomic E-state index is 0.571. The molecule has 4 heteroatoms. The van der Waals surface area contributed by atoms with Gasteiger partial charge in [0.15, 0.2) is 0 Å². The van der Waals surface area contributed by atoms with Crippen LogP contribution in [-0.4, -0.2) is 0 Å². The molecule has 0 aliphatic rings. The van der Waals surface area contributed by atoms with Gasteiger partial charge in [0.05, 0.1) is 5.56 Å². The second kappa shape index (κ2) is 5.46. The van der Waals surface area contributed by atoms with Gasteiger partial charge in [0, 0.05) is 19.8 Å². The molecule has 0 aliphatic heterocycles. The maximum absolute atomic E-state index is 9.02. The van der Waals surface area contributed by atoms with Gasteiger partial charge in [-0.15, -0.1) is 0 Å². The molecule has 2 aromatic rings. The largest absolute Gasteiger partial charge is 0.192 e. The second-order valence-electron chi connectivity index (χ2n) is 3.31. The predicted molar refractivity (Wildman–Crippen MR) is 71.7 cm³/mol. The van der Waals surface area contributed by atoms with Crippen LogP contribution >= 0.6 is 35.0 Å². The highest BCUT2D eigenvalue weighted by Crippen LogP contribution is 2.32. The first kappa shape index (κ1) is 12.3. The predicted octanol–water partition coefficient (Wildman–Crippen LogP) is 5.02. The molecule has 2 aromatic carbocycles. The van der Waals surface area contributed by atoms with Gasteiger partial charge in [0.1, 0.15) is 6.07 Å². The van der Waals surface area contributed by atoms with Crippen LogP contribution in [0.1, 0.15) is 5.56 Å². The lowest BCUT2D eigenvalue weighted by molar-refractivity contribution is 1.35. The lowest BCUT2D eigenvalue weighted by Crippen LogP contribution is -1.81. The first-order chi connectivity index (χ1) is 8.19. The van der Waals surface area contributed by atoms with Crippen LogP contribution in [0.2, 0.25) is 10.0 Å². The van der Waals surface area contributed by atoms with Gasteiger partial charge in [0.25, 0.3) is 0 Å². The normalized spacial score (nSPS) is 9.94. The molecule has 0 aliphatic carbocycles. The van der Waals surface area contributed by atoms with Crippen LogP contribution in [0.25, 0.3) is 0 Å². The van der Waals surface area contributed by atoms with E-state index in [9.17, 15) is 0 Å². The molecule has 0 bridgehead atoms. The molecule has 0 fully saturated rings. The van der Waals surface area contributed by atoms with E-state index in [0.717, 1.165) is 9.79 Å². The Labute approximate surface area is 114 Å². The molecule has 0 saturated carbocycles. The fourth-order valence-corrected chi connectivity index (χ4v) is 2.48. The SMILES string of the molecule is N#Cc1cc(Cl)ccc1Sc1ccc(Cl)cc1. The zero-order chi connectivity index (χ0) is 12.3. The quantitative estimate of drug-likeness (QED) is 0.771. The topological polar surface area (TPSA) is 23.8 Å². The van der Waals surface area contributed by atoms with E-state index in [1.807, 2.05) is 30.3 Å². The van der Waals surface area contributed by atoms with Gasteiger partial charge in [-0.1, -0.05) is 35.0 Å². The number of hydrogen-bond acceptors (Lipinski definition) is 2. The number of nitriles is 1. The maximum atomic E-state index is 9.02. The fraction of sp³-hybridized carbons (Fsp3) is 0. The van der Waals surface area contributed by atoms with Crippen molar-refractivity contribution in [3.8, 4) is 6.07 Å². The van der Waals surface area contributed by atoms with Crippen molar-refractivity contribution >= 4 is 35.0 Å². The standard InChI is InChI=1S/C13H7Cl2NS/c14-10-1-4-12(5-2-10)17-13-6-3-11(15)7-9(13)8-16/h1-7H. The van der Waals surface area contributed by atoms with Crippen molar-refractivity contribution in [3.63, 3.8) is 0 Å². The third kappa shape index (κ3) is 3.17. The smallest absolute Gasteiger partial charge is 0.100 e. The van der Waals surface area contributed by atoms with E-state index in [1.165, 1.54) is 11.8 Å². The third-order valence-electron chi connectivity index (χ3n) is 2.10. The zero-order valence-electron chi connectivity index (χ0n) is 8.65. The summed E-state index contributed by atoms with van der Waals surface area (Å²) in [6.45, 7) is 0.